The average Bonchev–Trinajstić information content (AvgIpc) is 3.32. The highest BCUT2D eigenvalue weighted by Crippen LogP contribution is 2.44. The molecule has 0 radical (unpaired) electrons. The van der Waals surface area contributed by atoms with Crippen LogP contribution in [0.1, 0.15) is 30.9 Å². The van der Waals surface area contributed by atoms with Crippen LogP contribution in [0.4, 0.5) is 4.79 Å². The molecule has 2 N–H and O–H groups in total. The summed E-state index contributed by atoms with van der Waals surface area (Å²) < 4.78 is 10.7. The van der Waals surface area contributed by atoms with E-state index in [1.54, 1.807) is 6.92 Å². The summed E-state index contributed by atoms with van der Waals surface area (Å²) in [5, 5.41) is 12.2. The predicted molar refractivity (Wildman–Crippen MR) is 125 cm³/mol. The van der Waals surface area contributed by atoms with Crippen LogP contribution in [0, 0.1) is 11.3 Å². The zero-order valence-corrected chi connectivity index (χ0v) is 19.6. The fourth-order valence-corrected chi connectivity index (χ4v) is 4.94. The summed E-state index contributed by atoms with van der Waals surface area (Å²) in [6.45, 7) is 3.91. The van der Waals surface area contributed by atoms with Gasteiger partial charge >= 0.3 is 12.1 Å². The number of aliphatic carboxylic acids is 1. The number of nitrogens with zero attached hydrogens (tertiary/aromatic N) is 1. The Kier molecular flexibility index (Phi) is 6.61. The summed E-state index contributed by atoms with van der Waals surface area (Å²) in [5.74, 6) is -1.63. The van der Waals surface area contributed by atoms with E-state index in [0.717, 1.165) is 22.3 Å². The number of hydrogen-bond acceptors (Lipinski definition) is 5. The number of amides is 2. The summed E-state index contributed by atoms with van der Waals surface area (Å²) in [6.07, 6.45) is -0.717. The third-order valence-corrected chi connectivity index (χ3v) is 7.17. The minimum Gasteiger partial charge on any atom is -0.481 e. The summed E-state index contributed by atoms with van der Waals surface area (Å²) in [6, 6.07) is 15.1. The SMILES string of the molecule is COCC(NC(=O)OCC1c2ccccc2-c2ccccc21)C(=O)N1CC(C)C(C)(C(=O)O)C1. The average molecular weight is 467 g/mol. The maximum atomic E-state index is 13.1. The molecule has 1 saturated heterocycles. The second kappa shape index (κ2) is 9.46. The van der Waals surface area contributed by atoms with E-state index in [2.05, 4.69) is 17.4 Å². The Morgan fingerprint density at radius 3 is 2.24 bits per heavy atom. The minimum atomic E-state index is -1.03. The van der Waals surface area contributed by atoms with Crippen molar-refractivity contribution in [2.45, 2.75) is 25.8 Å². The molecule has 3 unspecified atom stereocenters. The molecule has 34 heavy (non-hydrogen) atoms. The van der Waals surface area contributed by atoms with Gasteiger partial charge in [-0.25, -0.2) is 4.79 Å². The molecular weight excluding hydrogens is 436 g/mol. The highest BCUT2D eigenvalue weighted by molar-refractivity contribution is 5.87. The molecule has 3 atom stereocenters. The van der Waals surface area contributed by atoms with Gasteiger partial charge in [-0.2, -0.15) is 0 Å². The monoisotopic (exact) mass is 466 g/mol. The highest BCUT2D eigenvalue weighted by Gasteiger charge is 2.48. The molecule has 1 aliphatic carbocycles. The number of benzene rings is 2. The van der Waals surface area contributed by atoms with Gasteiger partial charge in [0.1, 0.15) is 12.6 Å². The van der Waals surface area contributed by atoms with Gasteiger partial charge in [-0.3, -0.25) is 9.59 Å². The Morgan fingerprint density at radius 2 is 1.71 bits per heavy atom. The van der Waals surface area contributed by atoms with Crippen LogP contribution < -0.4 is 5.32 Å². The number of rotatable bonds is 7. The molecule has 2 aromatic rings. The molecule has 0 aromatic heterocycles. The number of ether oxygens (including phenoxy) is 2. The van der Waals surface area contributed by atoms with Gasteiger partial charge in [-0.15, -0.1) is 0 Å². The first kappa shape index (κ1) is 23.8. The number of fused-ring (bicyclic) bond motifs is 3. The van der Waals surface area contributed by atoms with Crippen LogP contribution in [-0.4, -0.2) is 67.4 Å². The van der Waals surface area contributed by atoms with Gasteiger partial charge in [0, 0.05) is 26.1 Å². The third kappa shape index (κ3) is 4.25. The first-order valence-electron chi connectivity index (χ1n) is 11.4. The van der Waals surface area contributed by atoms with Gasteiger partial charge in [0.2, 0.25) is 5.91 Å². The lowest BCUT2D eigenvalue weighted by atomic mass is 9.81. The van der Waals surface area contributed by atoms with Crippen LogP contribution in [0.15, 0.2) is 48.5 Å². The van der Waals surface area contributed by atoms with Crippen molar-refractivity contribution in [3.63, 3.8) is 0 Å². The lowest BCUT2D eigenvalue weighted by Crippen LogP contribution is -2.51. The zero-order valence-electron chi connectivity index (χ0n) is 19.6. The molecule has 1 fully saturated rings. The number of carbonyl (C=O) groups excluding carboxylic acids is 2. The molecule has 2 aliphatic rings. The van der Waals surface area contributed by atoms with Crippen molar-refractivity contribution >= 4 is 18.0 Å². The lowest BCUT2D eigenvalue weighted by Gasteiger charge is -2.25. The number of alkyl carbamates (subject to hydrolysis) is 1. The Labute approximate surface area is 198 Å². The van der Waals surface area contributed by atoms with Crippen LogP contribution in [0.25, 0.3) is 11.1 Å². The number of methoxy groups -OCH3 is 1. The minimum absolute atomic E-state index is 0.0440. The highest BCUT2D eigenvalue weighted by atomic mass is 16.5. The molecule has 180 valence electrons. The number of likely N-dealkylation sites (tertiary alicyclic amines) is 1. The number of carboxylic acids is 1. The normalized spacial score (nSPS) is 22.1. The predicted octanol–water partition coefficient (Wildman–Crippen LogP) is 3.11. The third-order valence-electron chi connectivity index (χ3n) is 7.17. The van der Waals surface area contributed by atoms with E-state index >= 15 is 0 Å². The second-order valence-corrected chi connectivity index (χ2v) is 9.32. The van der Waals surface area contributed by atoms with Crippen LogP contribution in [0.5, 0.6) is 0 Å². The molecule has 8 heteroatoms. The van der Waals surface area contributed by atoms with E-state index in [9.17, 15) is 19.5 Å². The zero-order chi connectivity index (χ0) is 24.5. The van der Waals surface area contributed by atoms with Gasteiger partial charge in [-0.1, -0.05) is 55.5 Å². The quantitative estimate of drug-likeness (QED) is 0.650. The van der Waals surface area contributed by atoms with Crippen LogP contribution in [0.3, 0.4) is 0 Å². The van der Waals surface area contributed by atoms with Gasteiger partial charge in [0.05, 0.1) is 12.0 Å². The van der Waals surface area contributed by atoms with E-state index < -0.39 is 23.5 Å². The molecule has 0 spiro atoms. The maximum absolute atomic E-state index is 13.1. The van der Waals surface area contributed by atoms with E-state index in [1.807, 2.05) is 43.3 Å². The molecule has 1 aliphatic heterocycles. The molecule has 0 saturated carbocycles. The molecule has 2 amide bonds. The Balaban J connectivity index is 1.41. The standard InChI is InChI=1S/C26H30N2O6/c1-16-12-28(15-26(16,2)24(30)31)23(29)22(14-33-3)27-25(32)34-13-21-19-10-6-4-8-17(19)18-9-5-7-11-20(18)21/h4-11,16,21-22H,12-15H2,1-3H3,(H,27,32)(H,30,31). The summed E-state index contributed by atoms with van der Waals surface area (Å²) in [4.78, 5) is 39.0. The lowest BCUT2D eigenvalue weighted by molar-refractivity contribution is -0.149. The fraction of sp³-hybridized carbons (Fsp3) is 0.423. The van der Waals surface area contributed by atoms with E-state index in [-0.39, 0.29) is 37.5 Å². The number of carbonyl (C=O) groups is 3. The van der Waals surface area contributed by atoms with Crippen LogP contribution in [0.2, 0.25) is 0 Å². The van der Waals surface area contributed by atoms with Crippen molar-refractivity contribution < 1.29 is 29.0 Å². The first-order chi connectivity index (χ1) is 16.3. The van der Waals surface area contributed by atoms with E-state index in [4.69, 9.17) is 9.47 Å². The number of carboxylic acid groups (broad SMARTS) is 1. The van der Waals surface area contributed by atoms with Gasteiger partial charge in [-0.05, 0) is 35.1 Å². The van der Waals surface area contributed by atoms with Crippen LogP contribution >= 0.6 is 0 Å². The Morgan fingerprint density at radius 1 is 1.12 bits per heavy atom. The number of nitrogens with one attached hydrogen (secondary N) is 1. The van der Waals surface area contributed by atoms with Crippen molar-refractivity contribution in [1.82, 2.24) is 10.2 Å². The molecule has 1 heterocycles. The molecule has 8 nitrogen and oxygen atoms in total. The van der Waals surface area contributed by atoms with E-state index in [0.29, 0.717) is 6.54 Å². The van der Waals surface area contributed by atoms with E-state index in [1.165, 1.54) is 12.0 Å². The maximum Gasteiger partial charge on any atom is 0.407 e. The summed E-state index contributed by atoms with van der Waals surface area (Å²) >= 11 is 0. The summed E-state index contributed by atoms with van der Waals surface area (Å²) in [7, 11) is 1.44. The fourth-order valence-electron chi connectivity index (χ4n) is 4.94. The smallest absolute Gasteiger partial charge is 0.407 e. The van der Waals surface area contributed by atoms with Gasteiger partial charge < -0.3 is 24.8 Å². The van der Waals surface area contributed by atoms with Crippen LogP contribution in [-0.2, 0) is 19.1 Å². The Bertz CT molecular complexity index is 1060. The Hall–Kier alpha value is -3.39. The van der Waals surface area contributed by atoms with Crippen molar-refractivity contribution in [1.29, 1.82) is 0 Å². The first-order valence-corrected chi connectivity index (χ1v) is 11.4. The van der Waals surface area contributed by atoms with Crippen molar-refractivity contribution in [3.05, 3.63) is 59.7 Å². The topological polar surface area (TPSA) is 105 Å². The molecule has 0 bridgehead atoms. The van der Waals surface area contributed by atoms with Crippen molar-refractivity contribution in [2.75, 3.05) is 33.4 Å². The van der Waals surface area contributed by atoms with Gasteiger partial charge in [0.25, 0.3) is 0 Å². The molecule has 2 aromatic carbocycles. The van der Waals surface area contributed by atoms with Crippen molar-refractivity contribution in [2.24, 2.45) is 11.3 Å². The molecular formula is C26H30N2O6. The van der Waals surface area contributed by atoms with Gasteiger partial charge in [0.15, 0.2) is 0 Å². The second-order valence-electron chi connectivity index (χ2n) is 9.32. The number of hydrogen-bond donors (Lipinski definition) is 2. The summed E-state index contributed by atoms with van der Waals surface area (Å²) in [5.41, 5.74) is 3.42. The van der Waals surface area contributed by atoms with Crippen molar-refractivity contribution in [3.8, 4) is 11.1 Å². The largest absolute Gasteiger partial charge is 0.481 e. The molecule has 4 rings (SSSR count).